The van der Waals surface area contributed by atoms with Crippen LogP contribution in [0, 0.1) is 0 Å². The predicted molar refractivity (Wildman–Crippen MR) is 70.4 cm³/mol. The number of nitrogens with one attached hydrogen (secondary N) is 2. The largest absolute Gasteiger partial charge is 0.310 e. The first-order valence-electron chi connectivity index (χ1n) is 6.13. The van der Waals surface area contributed by atoms with E-state index in [9.17, 15) is 0 Å². The van der Waals surface area contributed by atoms with Crippen molar-refractivity contribution in [2.45, 2.75) is 52.9 Å². The third-order valence-electron chi connectivity index (χ3n) is 2.52. The molecule has 0 spiro atoms. The summed E-state index contributed by atoms with van der Waals surface area (Å²) in [6.45, 7) is 10.6. The van der Waals surface area contributed by atoms with Gasteiger partial charge < -0.3 is 10.6 Å². The number of benzene rings is 1. The zero-order valence-electron chi connectivity index (χ0n) is 10.9. The smallest absolute Gasteiger partial charge is 0.0211 e. The van der Waals surface area contributed by atoms with Crippen LogP contribution in [0.3, 0.4) is 0 Å². The standard InChI is InChI=1S/C14H24N2/c1-11(2)15-9-13-7-5-6-8-14(13)10-16-12(3)4/h5-8,11-12,15-16H,9-10H2,1-4H3. The molecule has 2 nitrogen and oxygen atoms in total. The third kappa shape index (κ3) is 4.77. The summed E-state index contributed by atoms with van der Waals surface area (Å²) < 4.78 is 0. The maximum atomic E-state index is 3.46. The molecule has 1 aromatic rings. The van der Waals surface area contributed by atoms with Crippen LogP contribution in [0.1, 0.15) is 38.8 Å². The molecular formula is C14H24N2. The molecule has 0 bridgehead atoms. The maximum absolute atomic E-state index is 3.46. The molecule has 90 valence electrons. The Morgan fingerprint density at radius 1 is 0.812 bits per heavy atom. The Morgan fingerprint density at radius 2 is 1.19 bits per heavy atom. The van der Waals surface area contributed by atoms with Gasteiger partial charge in [-0.25, -0.2) is 0 Å². The Labute approximate surface area is 99.5 Å². The van der Waals surface area contributed by atoms with Crippen molar-refractivity contribution in [3.63, 3.8) is 0 Å². The minimum Gasteiger partial charge on any atom is -0.310 e. The SMILES string of the molecule is CC(C)NCc1ccccc1CNC(C)C. The summed E-state index contributed by atoms with van der Waals surface area (Å²) in [5.74, 6) is 0. The molecule has 0 amide bonds. The van der Waals surface area contributed by atoms with E-state index < -0.39 is 0 Å². The van der Waals surface area contributed by atoms with Gasteiger partial charge in [0.1, 0.15) is 0 Å². The summed E-state index contributed by atoms with van der Waals surface area (Å²) >= 11 is 0. The minimum atomic E-state index is 0.533. The normalized spacial score (nSPS) is 11.4. The highest BCUT2D eigenvalue weighted by atomic mass is 14.9. The molecule has 0 aromatic heterocycles. The molecule has 1 aromatic carbocycles. The van der Waals surface area contributed by atoms with Gasteiger partial charge in [0.05, 0.1) is 0 Å². The average molecular weight is 220 g/mol. The second-order valence-corrected chi connectivity index (χ2v) is 4.84. The lowest BCUT2D eigenvalue weighted by Gasteiger charge is -2.14. The van der Waals surface area contributed by atoms with Crippen LogP contribution in [0.4, 0.5) is 0 Å². The number of rotatable bonds is 6. The number of hydrogen-bond acceptors (Lipinski definition) is 2. The van der Waals surface area contributed by atoms with E-state index in [0.29, 0.717) is 12.1 Å². The van der Waals surface area contributed by atoms with Crippen LogP contribution in [0.2, 0.25) is 0 Å². The van der Waals surface area contributed by atoms with Crippen molar-refractivity contribution in [1.29, 1.82) is 0 Å². The van der Waals surface area contributed by atoms with Crippen molar-refractivity contribution in [3.8, 4) is 0 Å². The highest BCUT2D eigenvalue weighted by Crippen LogP contribution is 2.08. The molecule has 0 unspecified atom stereocenters. The van der Waals surface area contributed by atoms with Gasteiger partial charge in [-0.05, 0) is 11.1 Å². The van der Waals surface area contributed by atoms with Crippen molar-refractivity contribution in [1.82, 2.24) is 10.6 Å². The van der Waals surface area contributed by atoms with Gasteiger partial charge in [-0.2, -0.15) is 0 Å². The summed E-state index contributed by atoms with van der Waals surface area (Å²) in [5.41, 5.74) is 2.79. The molecule has 0 saturated heterocycles. The number of hydrogen-bond donors (Lipinski definition) is 2. The van der Waals surface area contributed by atoms with Gasteiger partial charge in [-0.1, -0.05) is 52.0 Å². The van der Waals surface area contributed by atoms with Gasteiger partial charge in [0.25, 0.3) is 0 Å². The van der Waals surface area contributed by atoms with Crippen molar-refractivity contribution in [2.24, 2.45) is 0 Å². The summed E-state index contributed by atoms with van der Waals surface area (Å²) in [7, 11) is 0. The van der Waals surface area contributed by atoms with Crippen LogP contribution in [-0.2, 0) is 13.1 Å². The zero-order chi connectivity index (χ0) is 12.0. The van der Waals surface area contributed by atoms with Crippen molar-refractivity contribution >= 4 is 0 Å². The van der Waals surface area contributed by atoms with Crippen LogP contribution in [0.5, 0.6) is 0 Å². The quantitative estimate of drug-likeness (QED) is 0.770. The molecule has 0 saturated carbocycles. The molecular weight excluding hydrogens is 196 g/mol. The van der Waals surface area contributed by atoms with Gasteiger partial charge >= 0.3 is 0 Å². The average Bonchev–Trinajstić information content (AvgIpc) is 2.24. The topological polar surface area (TPSA) is 24.1 Å². The van der Waals surface area contributed by atoms with Crippen LogP contribution < -0.4 is 10.6 Å². The van der Waals surface area contributed by atoms with E-state index in [1.165, 1.54) is 11.1 Å². The second kappa shape index (κ2) is 6.66. The van der Waals surface area contributed by atoms with Gasteiger partial charge in [0.2, 0.25) is 0 Å². The van der Waals surface area contributed by atoms with E-state index in [1.54, 1.807) is 0 Å². The van der Waals surface area contributed by atoms with E-state index in [0.717, 1.165) is 13.1 Å². The second-order valence-electron chi connectivity index (χ2n) is 4.84. The first kappa shape index (κ1) is 13.2. The van der Waals surface area contributed by atoms with Crippen molar-refractivity contribution in [3.05, 3.63) is 35.4 Å². The first-order chi connectivity index (χ1) is 7.59. The fraction of sp³-hybridized carbons (Fsp3) is 0.571. The van der Waals surface area contributed by atoms with E-state index in [1.807, 2.05) is 0 Å². The molecule has 0 heterocycles. The molecule has 2 heteroatoms. The Kier molecular flexibility index (Phi) is 5.50. The molecule has 16 heavy (non-hydrogen) atoms. The Hall–Kier alpha value is -0.860. The lowest BCUT2D eigenvalue weighted by molar-refractivity contribution is 0.567. The summed E-state index contributed by atoms with van der Waals surface area (Å²) in [5, 5.41) is 6.92. The Bertz CT molecular complexity index is 274. The predicted octanol–water partition coefficient (Wildman–Crippen LogP) is 2.68. The third-order valence-corrected chi connectivity index (χ3v) is 2.52. The van der Waals surface area contributed by atoms with Gasteiger partial charge in [0.15, 0.2) is 0 Å². The van der Waals surface area contributed by atoms with Crippen LogP contribution in [0.15, 0.2) is 24.3 Å². The van der Waals surface area contributed by atoms with Crippen LogP contribution in [0.25, 0.3) is 0 Å². The van der Waals surface area contributed by atoms with E-state index in [4.69, 9.17) is 0 Å². The Balaban J connectivity index is 2.60. The lowest BCUT2D eigenvalue weighted by Crippen LogP contribution is -2.25. The lowest BCUT2D eigenvalue weighted by atomic mass is 10.1. The summed E-state index contributed by atoms with van der Waals surface area (Å²) in [6.07, 6.45) is 0. The minimum absolute atomic E-state index is 0.533. The van der Waals surface area contributed by atoms with E-state index >= 15 is 0 Å². The van der Waals surface area contributed by atoms with Crippen molar-refractivity contribution < 1.29 is 0 Å². The molecule has 0 aliphatic carbocycles. The molecule has 0 fully saturated rings. The monoisotopic (exact) mass is 220 g/mol. The first-order valence-corrected chi connectivity index (χ1v) is 6.13. The van der Waals surface area contributed by atoms with Crippen molar-refractivity contribution in [2.75, 3.05) is 0 Å². The molecule has 0 atom stereocenters. The fourth-order valence-corrected chi connectivity index (χ4v) is 1.53. The zero-order valence-corrected chi connectivity index (χ0v) is 10.9. The molecule has 2 N–H and O–H groups in total. The summed E-state index contributed by atoms with van der Waals surface area (Å²) in [4.78, 5) is 0. The van der Waals surface area contributed by atoms with E-state index in [-0.39, 0.29) is 0 Å². The van der Waals surface area contributed by atoms with Gasteiger partial charge in [-0.15, -0.1) is 0 Å². The summed E-state index contributed by atoms with van der Waals surface area (Å²) in [6, 6.07) is 9.68. The molecule has 0 radical (unpaired) electrons. The van der Waals surface area contributed by atoms with Crippen LogP contribution >= 0.6 is 0 Å². The Morgan fingerprint density at radius 3 is 1.50 bits per heavy atom. The van der Waals surface area contributed by atoms with Gasteiger partial charge in [0, 0.05) is 25.2 Å². The molecule has 0 aliphatic rings. The molecule has 0 aliphatic heterocycles. The highest BCUT2D eigenvalue weighted by Gasteiger charge is 2.02. The van der Waals surface area contributed by atoms with Crippen LogP contribution in [-0.4, -0.2) is 12.1 Å². The fourth-order valence-electron chi connectivity index (χ4n) is 1.53. The molecule has 1 rings (SSSR count). The van der Waals surface area contributed by atoms with Gasteiger partial charge in [-0.3, -0.25) is 0 Å². The van der Waals surface area contributed by atoms with E-state index in [2.05, 4.69) is 62.6 Å². The maximum Gasteiger partial charge on any atom is 0.0211 e. The highest BCUT2D eigenvalue weighted by molar-refractivity contribution is 5.27.